The summed E-state index contributed by atoms with van der Waals surface area (Å²) in [6, 6.07) is 7.38. The maximum Gasteiger partial charge on any atom is 0.226 e. The van der Waals surface area contributed by atoms with Crippen LogP contribution in [-0.2, 0) is 0 Å². The Hall–Kier alpha value is -2.04. The van der Waals surface area contributed by atoms with Crippen LogP contribution in [-0.4, -0.2) is 61.2 Å². The molecule has 1 aliphatic carbocycles. The van der Waals surface area contributed by atoms with Gasteiger partial charge in [0, 0.05) is 18.6 Å². The smallest absolute Gasteiger partial charge is 0.226 e. The molecular weight excluding hydrogens is 426 g/mol. The van der Waals surface area contributed by atoms with Gasteiger partial charge in [0.05, 0.1) is 27.9 Å². The van der Waals surface area contributed by atoms with Crippen LogP contribution in [0.25, 0.3) is 20.8 Å². The molecule has 0 unspecified atom stereocenters. The molecule has 10 heteroatoms. The van der Waals surface area contributed by atoms with Gasteiger partial charge in [0.25, 0.3) is 0 Å². The maximum absolute atomic E-state index is 10.5. The summed E-state index contributed by atoms with van der Waals surface area (Å²) >= 11 is 8.05. The van der Waals surface area contributed by atoms with Crippen molar-refractivity contribution < 1.29 is 15.3 Å². The van der Waals surface area contributed by atoms with Gasteiger partial charge in [0.1, 0.15) is 22.1 Å². The fraction of sp³-hybridized carbons (Fsp3) is 0.450. The predicted molar refractivity (Wildman–Crippen MR) is 119 cm³/mol. The van der Waals surface area contributed by atoms with E-state index in [2.05, 4.69) is 25.6 Å². The highest BCUT2D eigenvalue weighted by molar-refractivity contribution is 7.21. The van der Waals surface area contributed by atoms with Crippen LogP contribution in [0.2, 0.25) is 5.15 Å². The summed E-state index contributed by atoms with van der Waals surface area (Å²) in [5.41, 5.74) is 1.39. The number of para-hydroxylation sites is 1. The second-order valence-corrected chi connectivity index (χ2v) is 9.15. The van der Waals surface area contributed by atoms with E-state index in [0.717, 1.165) is 10.2 Å². The van der Waals surface area contributed by atoms with Gasteiger partial charge in [0.2, 0.25) is 5.95 Å². The lowest BCUT2D eigenvalue weighted by Gasteiger charge is -2.21. The minimum Gasteiger partial charge on any atom is -0.396 e. The third-order valence-corrected chi connectivity index (χ3v) is 6.48. The number of benzene rings is 1. The van der Waals surface area contributed by atoms with Crippen LogP contribution in [0, 0.1) is 5.92 Å². The van der Waals surface area contributed by atoms with Gasteiger partial charge >= 0.3 is 0 Å². The SMILES string of the molecule is CC(C)Nc1nc(Cl)c(-c2nc3ccccc3s2)c(N[C@@H]2C[C@H](CO)[C@@H](O)[C@H]2O)n1. The van der Waals surface area contributed by atoms with E-state index in [-0.39, 0.29) is 17.8 Å². The van der Waals surface area contributed by atoms with Gasteiger partial charge in [-0.25, -0.2) is 9.97 Å². The molecule has 0 saturated heterocycles. The summed E-state index contributed by atoms with van der Waals surface area (Å²) in [6.07, 6.45) is -1.66. The molecule has 0 radical (unpaired) electrons. The van der Waals surface area contributed by atoms with Gasteiger partial charge in [0.15, 0.2) is 0 Å². The number of aliphatic hydroxyl groups is 3. The molecule has 4 rings (SSSR count). The zero-order valence-corrected chi connectivity index (χ0v) is 18.2. The van der Waals surface area contributed by atoms with Crippen LogP contribution in [0.4, 0.5) is 11.8 Å². The first kappa shape index (κ1) is 21.2. The number of nitrogens with zero attached hydrogens (tertiary/aromatic N) is 3. The number of anilines is 2. The first-order valence-electron chi connectivity index (χ1n) is 9.81. The van der Waals surface area contributed by atoms with Crippen molar-refractivity contribution in [2.24, 2.45) is 5.92 Å². The van der Waals surface area contributed by atoms with E-state index in [4.69, 9.17) is 11.6 Å². The zero-order valence-electron chi connectivity index (χ0n) is 16.6. The van der Waals surface area contributed by atoms with Crippen molar-refractivity contribution in [3.05, 3.63) is 29.4 Å². The Morgan fingerprint density at radius 1 is 1.17 bits per heavy atom. The van der Waals surface area contributed by atoms with Gasteiger partial charge in [-0.05, 0) is 32.4 Å². The number of hydrogen-bond donors (Lipinski definition) is 5. The van der Waals surface area contributed by atoms with Crippen LogP contribution in [0.5, 0.6) is 0 Å². The topological polar surface area (TPSA) is 123 Å². The Bertz CT molecular complexity index is 1010. The quantitative estimate of drug-likeness (QED) is 0.364. The lowest BCUT2D eigenvalue weighted by Crippen LogP contribution is -2.35. The molecule has 5 N–H and O–H groups in total. The number of fused-ring (bicyclic) bond motifs is 1. The molecule has 3 aromatic rings. The van der Waals surface area contributed by atoms with Crippen molar-refractivity contribution in [2.75, 3.05) is 17.2 Å². The second kappa shape index (κ2) is 8.60. The lowest BCUT2D eigenvalue weighted by molar-refractivity contribution is 0.00446. The van der Waals surface area contributed by atoms with Crippen molar-refractivity contribution in [2.45, 2.75) is 44.6 Å². The monoisotopic (exact) mass is 449 g/mol. The van der Waals surface area contributed by atoms with E-state index >= 15 is 0 Å². The summed E-state index contributed by atoms with van der Waals surface area (Å²) in [6.45, 7) is 3.73. The molecular formula is C20H24ClN5O3S. The molecule has 0 aliphatic heterocycles. The second-order valence-electron chi connectivity index (χ2n) is 7.76. The van der Waals surface area contributed by atoms with E-state index in [1.165, 1.54) is 11.3 Å². The maximum atomic E-state index is 10.5. The van der Waals surface area contributed by atoms with Gasteiger partial charge in [-0.2, -0.15) is 4.98 Å². The molecule has 4 atom stereocenters. The molecule has 1 aliphatic rings. The molecule has 2 aromatic heterocycles. The number of rotatable bonds is 6. The number of thiazole rings is 1. The number of aromatic nitrogens is 3. The molecule has 30 heavy (non-hydrogen) atoms. The van der Waals surface area contributed by atoms with Gasteiger partial charge < -0.3 is 26.0 Å². The molecule has 2 heterocycles. The van der Waals surface area contributed by atoms with Crippen LogP contribution in [0.3, 0.4) is 0 Å². The highest BCUT2D eigenvalue weighted by Gasteiger charge is 2.41. The van der Waals surface area contributed by atoms with Crippen LogP contribution >= 0.6 is 22.9 Å². The summed E-state index contributed by atoms with van der Waals surface area (Å²) in [5.74, 6) is 0.370. The molecule has 8 nitrogen and oxygen atoms in total. The molecule has 0 amide bonds. The molecule has 1 saturated carbocycles. The van der Waals surface area contributed by atoms with Crippen LogP contribution in [0.15, 0.2) is 24.3 Å². The van der Waals surface area contributed by atoms with Crippen molar-refractivity contribution in [1.82, 2.24) is 15.0 Å². The summed E-state index contributed by atoms with van der Waals surface area (Å²) < 4.78 is 1.01. The predicted octanol–water partition coefficient (Wildman–Crippen LogP) is 2.74. The highest BCUT2D eigenvalue weighted by atomic mass is 35.5. The Morgan fingerprint density at radius 3 is 2.60 bits per heavy atom. The number of halogens is 1. The number of hydrogen-bond acceptors (Lipinski definition) is 9. The highest BCUT2D eigenvalue weighted by Crippen LogP contribution is 2.40. The Morgan fingerprint density at radius 2 is 1.93 bits per heavy atom. The first-order valence-corrected chi connectivity index (χ1v) is 11.0. The number of aliphatic hydroxyl groups excluding tert-OH is 3. The zero-order chi connectivity index (χ0) is 21.4. The largest absolute Gasteiger partial charge is 0.396 e. The first-order chi connectivity index (χ1) is 14.4. The Labute approximate surface area is 183 Å². The van der Waals surface area contributed by atoms with E-state index in [9.17, 15) is 15.3 Å². The average molecular weight is 450 g/mol. The van der Waals surface area contributed by atoms with Crippen LogP contribution in [0.1, 0.15) is 20.3 Å². The van der Waals surface area contributed by atoms with Crippen molar-refractivity contribution in [1.29, 1.82) is 0 Å². The van der Waals surface area contributed by atoms with E-state index in [0.29, 0.717) is 28.8 Å². The number of nitrogens with one attached hydrogen (secondary N) is 2. The summed E-state index contributed by atoms with van der Waals surface area (Å²) in [5, 5.41) is 37.4. The standard InChI is InChI=1S/C20H24ClN5O3S/c1-9(2)22-20-25-17(21)14(19-24-11-5-3-4-6-13(11)30-19)18(26-20)23-12-7-10(8-27)15(28)16(12)29/h3-6,9-10,12,15-16,27-29H,7-8H2,1-2H3,(H2,22,23,25,26)/t10-,12-,15-,16+/m1/s1. The van der Waals surface area contributed by atoms with Gasteiger partial charge in [-0.15, -0.1) is 11.3 Å². The third-order valence-electron chi connectivity index (χ3n) is 5.15. The van der Waals surface area contributed by atoms with Gasteiger partial charge in [-0.1, -0.05) is 23.7 Å². The Kier molecular flexibility index (Phi) is 6.08. The molecule has 0 spiro atoms. The summed E-state index contributed by atoms with van der Waals surface area (Å²) in [4.78, 5) is 13.6. The van der Waals surface area contributed by atoms with E-state index in [1.807, 2.05) is 38.1 Å². The minimum absolute atomic E-state index is 0.0971. The molecule has 0 bridgehead atoms. The van der Waals surface area contributed by atoms with E-state index in [1.54, 1.807) is 0 Å². The van der Waals surface area contributed by atoms with Crippen LogP contribution < -0.4 is 10.6 Å². The van der Waals surface area contributed by atoms with Crippen molar-refractivity contribution in [3.8, 4) is 10.6 Å². The summed E-state index contributed by atoms with van der Waals surface area (Å²) in [7, 11) is 0. The Balaban J connectivity index is 1.77. The average Bonchev–Trinajstić information content (AvgIpc) is 3.23. The van der Waals surface area contributed by atoms with Crippen molar-refractivity contribution >= 4 is 44.9 Å². The van der Waals surface area contributed by atoms with E-state index < -0.39 is 24.2 Å². The fourth-order valence-corrected chi connectivity index (χ4v) is 4.98. The van der Waals surface area contributed by atoms with Gasteiger partial charge in [-0.3, -0.25) is 0 Å². The molecule has 1 aromatic carbocycles. The molecule has 160 valence electrons. The lowest BCUT2D eigenvalue weighted by atomic mass is 10.1. The normalized spacial score (nSPS) is 24.0. The van der Waals surface area contributed by atoms with Crippen molar-refractivity contribution in [3.63, 3.8) is 0 Å². The fourth-order valence-electron chi connectivity index (χ4n) is 3.65. The molecule has 1 fully saturated rings. The minimum atomic E-state index is -1.04. The third kappa shape index (κ3) is 4.08.